The van der Waals surface area contributed by atoms with Crippen LogP contribution in [-0.4, -0.2) is 0 Å². The molecule has 2 aromatic heterocycles. The van der Waals surface area contributed by atoms with Crippen LogP contribution in [0.2, 0.25) is 0 Å². The SMILES string of the molecule is CC1(C)c2ccccc2-c2ccc(N(c3ccccc3)c3ccc(-c4cccc(-c5ccc6oc7ccccc7c6c5)c4)c4oc5ccccc5c34)cc21. The normalized spacial score (nSPS) is 13.1. The van der Waals surface area contributed by atoms with Gasteiger partial charge in [0.1, 0.15) is 22.3 Å². The van der Waals surface area contributed by atoms with Crippen LogP contribution in [0.5, 0.6) is 0 Å². The molecule has 8 aromatic carbocycles. The molecule has 0 unspecified atom stereocenters. The first-order valence-electron chi connectivity index (χ1n) is 18.6. The number of furan rings is 2. The van der Waals surface area contributed by atoms with Gasteiger partial charge in [0.25, 0.3) is 0 Å². The van der Waals surface area contributed by atoms with Crippen LogP contribution in [0.4, 0.5) is 17.1 Å². The molecule has 0 saturated carbocycles. The zero-order valence-corrected chi connectivity index (χ0v) is 30.0. The van der Waals surface area contributed by atoms with Gasteiger partial charge in [0.2, 0.25) is 0 Å². The summed E-state index contributed by atoms with van der Waals surface area (Å²) in [6.45, 7) is 4.68. The van der Waals surface area contributed by atoms with Crippen molar-refractivity contribution in [3.63, 3.8) is 0 Å². The summed E-state index contributed by atoms with van der Waals surface area (Å²) in [5, 5.41) is 4.43. The molecule has 0 atom stereocenters. The van der Waals surface area contributed by atoms with E-state index in [1.165, 1.54) is 22.3 Å². The molecule has 0 aliphatic heterocycles. The van der Waals surface area contributed by atoms with Crippen molar-refractivity contribution in [2.24, 2.45) is 0 Å². The fourth-order valence-corrected chi connectivity index (χ4v) is 8.83. The van der Waals surface area contributed by atoms with Crippen LogP contribution < -0.4 is 4.90 Å². The Balaban J connectivity index is 1.10. The fraction of sp³-hybridized carbons (Fsp3) is 0.0588. The molecular weight excluding hydrogens is 659 g/mol. The molecule has 0 N–H and O–H groups in total. The zero-order chi connectivity index (χ0) is 36.0. The van der Waals surface area contributed by atoms with E-state index in [2.05, 4.69) is 183 Å². The summed E-state index contributed by atoms with van der Waals surface area (Å²) in [6, 6.07) is 62.9. The van der Waals surface area contributed by atoms with Crippen molar-refractivity contribution in [3.8, 4) is 33.4 Å². The van der Waals surface area contributed by atoms with Crippen molar-refractivity contribution >= 4 is 60.9 Å². The molecule has 0 amide bonds. The second-order valence-corrected chi connectivity index (χ2v) is 14.9. The van der Waals surface area contributed by atoms with Crippen molar-refractivity contribution < 1.29 is 8.83 Å². The Bertz CT molecular complexity index is 3090. The predicted molar refractivity (Wildman–Crippen MR) is 224 cm³/mol. The summed E-state index contributed by atoms with van der Waals surface area (Å²) in [7, 11) is 0. The number of rotatable bonds is 5. The molecule has 0 spiro atoms. The molecule has 3 nitrogen and oxygen atoms in total. The first-order chi connectivity index (χ1) is 26.5. The van der Waals surface area contributed by atoms with Gasteiger partial charge in [0, 0.05) is 38.5 Å². The third kappa shape index (κ3) is 4.55. The molecule has 0 bridgehead atoms. The lowest BCUT2D eigenvalue weighted by Gasteiger charge is -2.29. The van der Waals surface area contributed by atoms with E-state index in [0.717, 1.165) is 83.2 Å². The van der Waals surface area contributed by atoms with E-state index in [-0.39, 0.29) is 5.41 Å². The van der Waals surface area contributed by atoms with Gasteiger partial charge >= 0.3 is 0 Å². The number of para-hydroxylation sites is 3. The molecule has 3 heteroatoms. The number of benzene rings is 8. The highest BCUT2D eigenvalue weighted by molar-refractivity contribution is 6.17. The van der Waals surface area contributed by atoms with E-state index in [1.54, 1.807) is 0 Å². The number of hydrogen-bond acceptors (Lipinski definition) is 3. The average molecular weight is 694 g/mol. The van der Waals surface area contributed by atoms with Gasteiger partial charge in [-0.15, -0.1) is 0 Å². The highest BCUT2D eigenvalue weighted by atomic mass is 16.3. The second kappa shape index (κ2) is 11.6. The molecule has 54 heavy (non-hydrogen) atoms. The van der Waals surface area contributed by atoms with Crippen molar-refractivity contribution in [1.29, 1.82) is 0 Å². The molecule has 1 aliphatic rings. The molecule has 0 radical (unpaired) electrons. The molecule has 10 aromatic rings. The van der Waals surface area contributed by atoms with Crippen LogP contribution in [0.1, 0.15) is 25.0 Å². The summed E-state index contributed by atoms with van der Waals surface area (Å²) in [5.74, 6) is 0. The van der Waals surface area contributed by atoms with Gasteiger partial charge < -0.3 is 13.7 Å². The minimum absolute atomic E-state index is 0.119. The van der Waals surface area contributed by atoms with E-state index in [9.17, 15) is 0 Å². The lowest BCUT2D eigenvalue weighted by molar-refractivity contribution is 0.660. The maximum atomic E-state index is 6.85. The minimum atomic E-state index is -0.119. The average Bonchev–Trinajstić information content (AvgIpc) is 3.86. The van der Waals surface area contributed by atoms with Gasteiger partial charge in [-0.1, -0.05) is 123 Å². The molecule has 256 valence electrons. The van der Waals surface area contributed by atoms with Crippen LogP contribution in [-0.2, 0) is 5.41 Å². The Morgan fingerprint density at radius 2 is 1.07 bits per heavy atom. The van der Waals surface area contributed by atoms with Crippen LogP contribution in [0.15, 0.2) is 185 Å². The van der Waals surface area contributed by atoms with E-state index < -0.39 is 0 Å². The van der Waals surface area contributed by atoms with E-state index in [0.29, 0.717) is 0 Å². The second-order valence-electron chi connectivity index (χ2n) is 14.9. The fourth-order valence-electron chi connectivity index (χ4n) is 8.83. The van der Waals surface area contributed by atoms with Gasteiger partial charge in [-0.2, -0.15) is 0 Å². The maximum Gasteiger partial charge on any atom is 0.145 e. The Kier molecular flexibility index (Phi) is 6.60. The molecule has 11 rings (SSSR count). The summed E-state index contributed by atoms with van der Waals surface area (Å²) in [4.78, 5) is 2.40. The van der Waals surface area contributed by atoms with Crippen LogP contribution in [0.25, 0.3) is 77.3 Å². The first-order valence-corrected chi connectivity index (χ1v) is 18.6. The van der Waals surface area contributed by atoms with Crippen LogP contribution in [0, 0.1) is 0 Å². The summed E-state index contributed by atoms with van der Waals surface area (Å²) >= 11 is 0. The number of nitrogens with zero attached hydrogens (tertiary/aromatic N) is 1. The van der Waals surface area contributed by atoms with Gasteiger partial charge in [-0.3, -0.25) is 0 Å². The quantitative estimate of drug-likeness (QED) is 0.180. The van der Waals surface area contributed by atoms with Crippen molar-refractivity contribution in [1.82, 2.24) is 0 Å². The molecule has 0 saturated heterocycles. The Hall–Kier alpha value is -6.84. The third-order valence-electron chi connectivity index (χ3n) is 11.5. The topological polar surface area (TPSA) is 29.5 Å². The Labute approximate surface area is 313 Å². The van der Waals surface area contributed by atoms with Crippen molar-refractivity contribution in [2.75, 3.05) is 4.90 Å². The van der Waals surface area contributed by atoms with Gasteiger partial charge in [0.15, 0.2) is 0 Å². The molecular formula is C51H35NO2. The van der Waals surface area contributed by atoms with E-state index in [4.69, 9.17) is 8.83 Å². The minimum Gasteiger partial charge on any atom is -0.456 e. The highest BCUT2D eigenvalue weighted by Crippen LogP contribution is 2.52. The van der Waals surface area contributed by atoms with E-state index >= 15 is 0 Å². The molecule has 1 aliphatic carbocycles. The zero-order valence-electron chi connectivity index (χ0n) is 30.0. The Morgan fingerprint density at radius 1 is 0.407 bits per heavy atom. The number of anilines is 3. The monoisotopic (exact) mass is 693 g/mol. The lowest BCUT2D eigenvalue weighted by Crippen LogP contribution is -2.16. The van der Waals surface area contributed by atoms with Gasteiger partial charge in [-0.25, -0.2) is 0 Å². The molecule has 2 heterocycles. The van der Waals surface area contributed by atoms with E-state index in [1.807, 2.05) is 12.1 Å². The summed E-state index contributed by atoms with van der Waals surface area (Å²) < 4.78 is 13.0. The number of hydrogen-bond donors (Lipinski definition) is 0. The Morgan fingerprint density at radius 3 is 1.94 bits per heavy atom. The summed E-state index contributed by atoms with van der Waals surface area (Å²) in [5.41, 5.74) is 16.5. The largest absolute Gasteiger partial charge is 0.456 e. The number of fused-ring (bicyclic) bond motifs is 9. The standard InChI is InChI=1S/C51H35NO2/c1-51(2)43-20-9-6-17-38(43)39-25-24-36(31-44(39)51)52(35-15-4-3-5-16-35)45-27-26-37(50-49(45)41-19-8-11-22-47(41)54-50)34-14-12-13-32(29-34)33-23-28-48-42(30-33)40-18-7-10-21-46(40)53-48/h3-31H,1-2H3. The molecule has 0 fully saturated rings. The van der Waals surface area contributed by atoms with Crippen LogP contribution in [0.3, 0.4) is 0 Å². The smallest absolute Gasteiger partial charge is 0.145 e. The van der Waals surface area contributed by atoms with Crippen molar-refractivity contribution in [3.05, 3.63) is 187 Å². The van der Waals surface area contributed by atoms with Gasteiger partial charge in [0.05, 0.1) is 11.1 Å². The first kappa shape index (κ1) is 30.8. The maximum absolute atomic E-state index is 6.85. The summed E-state index contributed by atoms with van der Waals surface area (Å²) in [6.07, 6.45) is 0. The lowest BCUT2D eigenvalue weighted by atomic mass is 9.82. The van der Waals surface area contributed by atoms with Crippen LogP contribution >= 0.6 is 0 Å². The van der Waals surface area contributed by atoms with Gasteiger partial charge in [-0.05, 0) is 106 Å². The predicted octanol–water partition coefficient (Wildman–Crippen LogP) is 14.6. The van der Waals surface area contributed by atoms with Crippen molar-refractivity contribution in [2.45, 2.75) is 19.3 Å². The third-order valence-corrected chi connectivity index (χ3v) is 11.5. The highest BCUT2D eigenvalue weighted by Gasteiger charge is 2.36.